The minimum Gasteiger partial charge on any atom is -0.268 e. The number of non-ortho nitro benzene ring substituents is 1. The lowest BCUT2D eigenvalue weighted by Gasteiger charge is -2.17. The summed E-state index contributed by atoms with van der Waals surface area (Å²) >= 11 is 1.56. The highest BCUT2D eigenvalue weighted by molar-refractivity contribution is 7.18. The Balaban J connectivity index is 1.81. The van der Waals surface area contributed by atoms with Crippen molar-refractivity contribution in [3.05, 3.63) is 67.1 Å². The van der Waals surface area contributed by atoms with Crippen LogP contribution in [-0.4, -0.2) is 14.5 Å². The van der Waals surface area contributed by atoms with Gasteiger partial charge in [0.2, 0.25) is 0 Å². The van der Waals surface area contributed by atoms with Gasteiger partial charge in [0.25, 0.3) is 11.2 Å². The summed E-state index contributed by atoms with van der Waals surface area (Å²) in [5.74, 6) is 0.597. The maximum absolute atomic E-state index is 13.1. The molecule has 0 spiro atoms. The van der Waals surface area contributed by atoms with Crippen molar-refractivity contribution in [2.75, 3.05) is 0 Å². The van der Waals surface area contributed by atoms with Gasteiger partial charge >= 0.3 is 0 Å². The van der Waals surface area contributed by atoms with E-state index in [1.54, 1.807) is 23.5 Å². The predicted octanol–water partition coefficient (Wildman–Crippen LogP) is 4.01. The van der Waals surface area contributed by atoms with Crippen molar-refractivity contribution in [3.8, 4) is 6.07 Å². The van der Waals surface area contributed by atoms with E-state index in [1.807, 2.05) is 6.07 Å². The van der Waals surface area contributed by atoms with Crippen LogP contribution in [0.2, 0.25) is 0 Å². The first-order chi connectivity index (χ1) is 13.5. The van der Waals surface area contributed by atoms with Gasteiger partial charge in [-0.1, -0.05) is 6.92 Å². The zero-order chi connectivity index (χ0) is 19.8. The minimum atomic E-state index is -0.485. The number of hydrogen-bond acceptors (Lipinski definition) is 6. The molecule has 2 heterocycles. The molecular formula is C20H16N4O3S. The first-order valence-electron chi connectivity index (χ1n) is 8.86. The highest BCUT2D eigenvalue weighted by Gasteiger charge is 2.23. The van der Waals surface area contributed by atoms with Crippen molar-refractivity contribution in [1.82, 2.24) is 9.55 Å². The zero-order valence-corrected chi connectivity index (χ0v) is 15.9. The molecule has 0 fully saturated rings. The van der Waals surface area contributed by atoms with Gasteiger partial charge in [0, 0.05) is 17.0 Å². The number of nitro groups is 1. The molecule has 0 saturated heterocycles. The van der Waals surface area contributed by atoms with E-state index in [4.69, 9.17) is 0 Å². The molecule has 0 amide bonds. The lowest BCUT2D eigenvalue weighted by molar-refractivity contribution is -0.384. The topological polar surface area (TPSA) is 102 Å². The van der Waals surface area contributed by atoms with Gasteiger partial charge in [0.05, 0.1) is 10.3 Å². The van der Waals surface area contributed by atoms with Crippen LogP contribution < -0.4 is 5.56 Å². The van der Waals surface area contributed by atoms with Crippen molar-refractivity contribution in [1.29, 1.82) is 5.26 Å². The monoisotopic (exact) mass is 392 g/mol. The normalized spacial score (nSPS) is 16.6. The Hall–Kier alpha value is -3.31. The van der Waals surface area contributed by atoms with Gasteiger partial charge in [-0.15, -0.1) is 11.3 Å². The van der Waals surface area contributed by atoms with Crippen LogP contribution in [0.5, 0.6) is 0 Å². The summed E-state index contributed by atoms with van der Waals surface area (Å²) in [5.41, 5.74) is 1.51. The van der Waals surface area contributed by atoms with Gasteiger partial charge in [-0.05, 0) is 54.5 Å². The maximum atomic E-state index is 13.1. The van der Waals surface area contributed by atoms with E-state index in [0.717, 1.165) is 24.8 Å². The van der Waals surface area contributed by atoms with E-state index < -0.39 is 4.92 Å². The van der Waals surface area contributed by atoms with Crippen LogP contribution in [0.15, 0.2) is 35.4 Å². The Kier molecular flexibility index (Phi) is 4.53. The van der Waals surface area contributed by atoms with Gasteiger partial charge in [-0.25, -0.2) is 4.98 Å². The minimum absolute atomic E-state index is 0.0324. The molecule has 0 radical (unpaired) electrons. The lowest BCUT2D eigenvalue weighted by atomic mass is 9.89. The van der Waals surface area contributed by atoms with Crippen molar-refractivity contribution in [3.63, 3.8) is 0 Å². The number of nitro benzene ring substituents is 1. The number of fused-ring (bicyclic) bond motifs is 3. The fourth-order valence-corrected chi connectivity index (χ4v) is 4.85. The van der Waals surface area contributed by atoms with Crippen LogP contribution >= 0.6 is 11.3 Å². The number of aromatic nitrogens is 2. The molecule has 1 aromatic carbocycles. The van der Waals surface area contributed by atoms with Crippen LogP contribution in [0.25, 0.3) is 22.0 Å². The summed E-state index contributed by atoms with van der Waals surface area (Å²) in [6.07, 6.45) is 5.76. The quantitative estimate of drug-likeness (QED) is 0.381. The summed E-state index contributed by atoms with van der Waals surface area (Å²) in [6, 6.07) is 7.85. The molecule has 140 valence electrons. The molecule has 2 aromatic heterocycles. The highest BCUT2D eigenvalue weighted by atomic mass is 32.1. The van der Waals surface area contributed by atoms with Gasteiger partial charge in [-0.3, -0.25) is 19.5 Å². The largest absolute Gasteiger partial charge is 0.269 e. The van der Waals surface area contributed by atoms with Gasteiger partial charge in [-0.2, -0.15) is 5.26 Å². The Labute approximate surface area is 164 Å². The van der Waals surface area contributed by atoms with Crippen molar-refractivity contribution >= 4 is 39.0 Å². The predicted molar refractivity (Wildman–Crippen MR) is 108 cm³/mol. The molecule has 3 aromatic rings. The zero-order valence-electron chi connectivity index (χ0n) is 15.1. The van der Waals surface area contributed by atoms with Crippen molar-refractivity contribution < 1.29 is 4.92 Å². The highest BCUT2D eigenvalue weighted by Crippen LogP contribution is 2.35. The molecule has 1 aliphatic carbocycles. The Morgan fingerprint density at radius 1 is 1.43 bits per heavy atom. The molecule has 1 atom stereocenters. The summed E-state index contributed by atoms with van der Waals surface area (Å²) in [7, 11) is 0. The molecule has 0 aliphatic heterocycles. The third-order valence-corrected chi connectivity index (χ3v) is 6.16. The average molecular weight is 392 g/mol. The van der Waals surface area contributed by atoms with Gasteiger partial charge in [0.15, 0.2) is 0 Å². The first-order valence-corrected chi connectivity index (χ1v) is 9.68. The SMILES string of the molecule is C[C@@H]1CCc2c(sc3ncn(/C(C#N)=C/c4ccc([N+](=O)[O-])cc4)c(=O)c23)C1. The third-order valence-electron chi connectivity index (χ3n) is 5.00. The van der Waals surface area contributed by atoms with Crippen LogP contribution in [0.1, 0.15) is 29.3 Å². The van der Waals surface area contributed by atoms with Crippen LogP contribution in [-0.2, 0) is 12.8 Å². The second-order valence-electron chi connectivity index (χ2n) is 6.94. The fourth-order valence-electron chi connectivity index (χ4n) is 3.51. The molecule has 1 aliphatic rings. The summed E-state index contributed by atoms with van der Waals surface area (Å²) < 4.78 is 1.26. The third kappa shape index (κ3) is 3.10. The number of allylic oxidation sites excluding steroid dienone is 1. The smallest absolute Gasteiger partial charge is 0.268 e. The Morgan fingerprint density at radius 2 is 2.18 bits per heavy atom. The van der Waals surface area contributed by atoms with E-state index in [9.17, 15) is 20.2 Å². The van der Waals surface area contributed by atoms with Crippen LogP contribution in [0.4, 0.5) is 5.69 Å². The van der Waals surface area contributed by atoms with Crippen LogP contribution in [0.3, 0.4) is 0 Å². The van der Waals surface area contributed by atoms with E-state index in [0.29, 0.717) is 21.7 Å². The van der Waals surface area contributed by atoms with E-state index in [1.165, 1.54) is 34.0 Å². The number of rotatable bonds is 3. The maximum Gasteiger partial charge on any atom is 0.269 e. The van der Waals surface area contributed by atoms with Crippen LogP contribution in [0, 0.1) is 27.4 Å². The molecule has 8 heteroatoms. The molecule has 4 rings (SSSR count). The van der Waals surface area contributed by atoms with E-state index in [-0.39, 0.29) is 16.9 Å². The number of thiophene rings is 1. The summed E-state index contributed by atoms with van der Waals surface area (Å²) in [5, 5.41) is 21.0. The number of hydrogen-bond donors (Lipinski definition) is 0. The van der Waals surface area contributed by atoms with Gasteiger partial charge < -0.3 is 0 Å². The molecule has 28 heavy (non-hydrogen) atoms. The summed E-state index contributed by atoms with van der Waals surface area (Å²) in [6.45, 7) is 2.21. The molecule has 0 saturated carbocycles. The number of nitriles is 1. The lowest BCUT2D eigenvalue weighted by Crippen LogP contribution is -2.20. The average Bonchev–Trinajstić information content (AvgIpc) is 3.05. The molecule has 0 bridgehead atoms. The molecular weight excluding hydrogens is 376 g/mol. The number of nitrogens with zero attached hydrogens (tertiary/aromatic N) is 4. The van der Waals surface area contributed by atoms with Crippen molar-refractivity contribution in [2.24, 2.45) is 5.92 Å². The standard InChI is InChI=1S/C20H16N4O3S/c1-12-2-7-16-17(8-12)28-19-18(16)20(25)23(11-22-19)15(10-21)9-13-3-5-14(6-4-13)24(26)27/h3-6,9,11-12H,2,7-8H2,1H3/b15-9+/t12-/m1/s1. The number of aryl methyl sites for hydroxylation is 1. The molecule has 0 N–H and O–H groups in total. The molecule has 0 unspecified atom stereocenters. The van der Waals surface area contributed by atoms with E-state index >= 15 is 0 Å². The second kappa shape index (κ2) is 7.02. The first kappa shape index (κ1) is 18.1. The van der Waals surface area contributed by atoms with Crippen molar-refractivity contribution in [2.45, 2.75) is 26.2 Å². The summed E-state index contributed by atoms with van der Waals surface area (Å²) in [4.78, 5) is 29.8. The Bertz CT molecular complexity index is 1220. The Morgan fingerprint density at radius 3 is 2.86 bits per heavy atom. The molecule has 7 nitrogen and oxygen atoms in total. The fraction of sp³-hybridized carbons (Fsp3) is 0.250. The number of benzene rings is 1. The second-order valence-corrected chi connectivity index (χ2v) is 8.03. The van der Waals surface area contributed by atoms with Gasteiger partial charge in [0.1, 0.15) is 22.9 Å². The van der Waals surface area contributed by atoms with E-state index in [2.05, 4.69) is 11.9 Å².